The van der Waals surface area contributed by atoms with Crippen molar-refractivity contribution in [2.24, 2.45) is 0 Å². The Morgan fingerprint density at radius 2 is 1.91 bits per heavy atom. The number of ether oxygens (including phenoxy) is 1. The number of urea groups is 1. The molecule has 2 saturated heterocycles. The number of carbonyl (C=O) groups is 1. The first kappa shape index (κ1) is 22.5. The molecule has 2 aliphatic rings. The number of aryl methyl sites for hydroxylation is 1. The molecule has 11 heteroatoms. The van der Waals surface area contributed by atoms with Gasteiger partial charge in [-0.1, -0.05) is 0 Å². The maximum Gasteiger partial charge on any atom is 0.318 e. The number of nitrogens with one attached hydrogen (secondary N) is 2. The maximum atomic E-state index is 11.6. The van der Waals surface area contributed by atoms with Crippen LogP contribution in [-0.2, 0) is 11.3 Å². The first-order valence-electron chi connectivity index (χ1n) is 11.6. The van der Waals surface area contributed by atoms with Crippen LogP contribution >= 0.6 is 0 Å². The number of hydrogen-bond donors (Lipinski definition) is 4. The monoisotopic (exact) mass is 467 g/mol. The van der Waals surface area contributed by atoms with Gasteiger partial charge in [0.15, 0.2) is 11.5 Å². The van der Waals surface area contributed by atoms with E-state index in [0.717, 1.165) is 18.4 Å². The van der Waals surface area contributed by atoms with Gasteiger partial charge in [-0.05, 0) is 44.0 Å². The van der Waals surface area contributed by atoms with Crippen molar-refractivity contribution < 1.29 is 19.7 Å². The Kier molecular flexibility index (Phi) is 6.07. The van der Waals surface area contributed by atoms with Crippen LogP contribution in [0.1, 0.15) is 31.6 Å². The second-order valence-corrected chi connectivity index (χ2v) is 8.61. The highest BCUT2D eigenvalue weighted by Crippen LogP contribution is 2.36. The molecule has 0 saturated carbocycles. The fraction of sp³-hybridized carbons (Fsp3) is 0.478. The molecule has 2 bridgehead atoms. The molecule has 4 N–H and O–H groups in total. The molecule has 180 valence electrons. The Morgan fingerprint density at radius 1 is 1.21 bits per heavy atom. The van der Waals surface area contributed by atoms with Crippen molar-refractivity contribution in [3.8, 4) is 11.4 Å². The number of carbonyl (C=O) groups excluding carboxylic acids is 1. The highest BCUT2D eigenvalue weighted by Gasteiger charge is 2.36. The molecule has 4 heterocycles. The van der Waals surface area contributed by atoms with Gasteiger partial charge in [0.2, 0.25) is 0 Å². The molecule has 34 heavy (non-hydrogen) atoms. The van der Waals surface area contributed by atoms with Crippen LogP contribution in [0.15, 0.2) is 24.3 Å². The molecule has 1 aromatic carbocycles. The van der Waals surface area contributed by atoms with E-state index in [-0.39, 0.29) is 18.2 Å². The third kappa shape index (κ3) is 4.06. The molecule has 2 fully saturated rings. The Hall–Kier alpha value is -3.28. The van der Waals surface area contributed by atoms with Crippen molar-refractivity contribution in [2.75, 3.05) is 37.0 Å². The van der Waals surface area contributed by atoms with E-state index >= 15 is 0 Å². The molecule has 11 nitrogen and oxygen atoms in total. The summed E-state index contributed by atoms with van der Waals surface area (Å²) in [7, 11) is 1.56. The molecule has 2 amide bonds. The number of morpholine rings is 1. The highest BCUT2D eigenvalue weighted by atomic mass is 16.5. The summed E-state index contributed by atoms with van der Waals surface area (Å²) in [6.45, 7) is 3.46. The first-order valence-corrected chi connectivity index (χ1v) is 11.6. The number of nitrogens with zero attached hydrogens (tertiary/aromatic N) is 5. The first-order chi connectivity index (χ1) is 16.5. The molecule has 0 spiro atoms. The summed E-state index contributed by atoms with van der Waals surface area (Å²) in [5, 5.41) is 30.7. The van der Waals surface area contributed by atoms with Gasteiger partial charge in [0.25, 0.3) is 0 Å². The highest BCUT2D eigenvalue weighted by molar-refractivity contribution is 5.92. The number of aliphatic hydroxyl groups excluding tert-OH is 2. The lowest BCUT2D eigenvalue weighted by Crippen LogP contribution is -2.43. The van der Waals surface area contributed by atoms with Crippen LogP contribution in [0.3, 0.4) is 0 Å². The van der Waals surface area contributed by atoms with Gasteiger partial charge < -0.3 is 30.5 Å². The number of rotatable bonds is 6. The second kappa shape index (κ2) is 9.16. The van der Waals surface area contributed by atoms with Crippen LogP contribution in [0.4, 0.5) is 16.3 Å². The van der Waals surface area contributed by atoms with Crippen molar-refractivity contribution in [3.63, 3.8) is 0 Å². The van der Waals surface area contributed by atoms with Crippen LogP contribution in [-0.4, -0.2) is 74.9 Å². The maximum absolute atomic E-state index is 11.6. The van der Waals surface area contributed by atoms with Crippen LogP contribution < -0.4 is 15.5 Å². The summed E-state index contributed by atoms with van der Waals surface area (Å²) in [5.74, 6) is 1.21. The molecule has 3 aromatic rings. The zero-order valence-corrected chi connectivity index (χ0v) is 19.2. The molecular weight excluding hydrogens is 438 g/mol. The molecule has 5 rings (SSSR count). The van der Waals surface area contributed by atoms with Crippen LogP contribution in [0, 0.1) is 0 Å². The van der Waals surface area contributed by atoms with E-state index in [2.05, 4.69) is 20.6 Å². The lowest BCUT2D eigenvalue weighted by atomic mass is 10.1. The molecule has 0 radical (unpaired) electrons. The van der Waals surface area contributed by atoms with Crippen molar-refractivity contribution in [3.05, 3.63) is 30.0 Å². The number of fused-ring (bicyclic) bond motifs is 3. The smallest absolute Gasteiger partial charge is 0.318 e. The zero-order chi connectivity index (χ0) is 23.8. The lowest BCUT2D eigenvalue weighted by molar-refractivity contribution is 0.0303. The van der Waals surface area contributed by atoms with Crippen LogP contribution in [0.25, 0.3) is 22.4 Å². The Balaban J connectivity index is 1.63. The van der Waals surface area contributed by atoms with Crippen molar-refractivity contribution in [1.82, 2.24) is 25.1 Å². The molecule has 3 unspecified atom stereocenters. The van der Waals surface area contributed by atoms with E-state index in [9.17, 15) is 15.0 Å². The summed E-state index contributed by atoms with van der Waals surface area (Å²) >= 11 is 0. The largest absolute Gasteiger partial charge is 0.393 e. The summed E-state index contributed by atoms with van der Waals surface area (Å²) in [5.41, 5.74) is 2.43. The Bertz CT molecular complexity index is 1180. The second-order valence-electron chi connectivity index (χ2n) is 8.61. The van der Waals surface area contributed by atoms with Crippen LogP contribution in [0.2, 0.25) is 0 Å². The SMILES string of the molecule is CCn1nc(C(O)CO)c2c(N3CC4CCC(C3)O4)nc(-c3ccc(NC(=O)NC)cc3)nc21. The predicted octanol–water partition coefficient (Wildman–Crippen LogP) is 1.66. The molecule has 2 aromatic heterocycles. The fourth-order valence-electron chi connectivity index (χ4n) is 4.66. The van der Waals surface area contributed by atoms with Crippen molar-refractivity contribution in [2.45, 2.75) is 44.6 Å². The lowest BCUT2D eigenvalue weighted by Gasteiger charge is -2.33. The minimum Gasteiger partial charge on any atom is -0.393 e. The van der Waals surface area contributed by atoms with E-state index in [4.69, 9.17) is 14.7 Å². The summed E-state index contributed by atoms with van der Waals surface area (Å²) in [4.78, 5) is 23.5. The number of anilines is 2. The van der Waals surface area contributed by atoms with Gasteiger partial charge in [-0.3, -0.25) is 0 Å². The predicted molar refractivity (Wildman–Crippen MR) is 127 cm³/mol. The third-order valence-electron chi connectivity index (χ3n) is 6.36. The van der Waals surface area contributed by atoms with Gasteiger partial charge in [0.1, 0.15) is 17.6 Å². The minimum atomic E-state index is -1.13. The average Bonchev–Trinajstić information content (AvgIpc) is 3.41. The van der Waals surface area contributed by atoms with Gasteiger partial charge >= 0.3 is 6.03 Å². The van der Waals surface area contributed by atoms with Crippen LogP contribution in [0.5, 0.6) is 0 Å². The summed E-state index contributed by atoms with van der Waals surface area (Å²) < 4.78 is 7.75. The minimum absolute atomic E-state index is 0.148. The van der Waals surface area contributed by atoms with Gasteiger partial charge in [0, 0.05) is 37.9 Å². The van der Waals surface area contributed by atoms with Gasteiger partial charge in [-0.25, -0.2) is 19.4 Å². The molecule has 0 aliphatic carbocycles. The van der Waals surface area contributed by atoms with E-state index in [1.54, 1.807) is 23.9 Å². The topological polar surface area (TPSA) is 138 Å². The number of amides is 2. The van der Waals surface area contributed by atoms with Gasteiger partial charge in [-0.15, -0.1) is 0 Å². The molecular formula is C23H29N7O4. The number of aromatic nitrogens is 4. The van der Waals surface area contributed by atoms with Gasteiger partial charge in [0.05, 0.1) is 24.2 Å². The molecule has 3 atom stereocenters. The normalized spacial score (nSPS) is 20.5. The number of aliphatic hydroxyl groups is 2. The standard InChI is InChI=1S/C23H29N7O4/c1-3-30-22-18(19(28-30)17(32)12-31)21(29-10-15-8-9-16(11-29)34-15)26-20(27-22)13-4-6-14(7-5-13)25-23(33)24-2/h4-7,15-17,31-32H,3,8-12H2,1-2H3,(H2,24,25,33). The van der Waals surface area contributed by atoms with Crippen molar-refractivity contribution >= 4 is 28.6 Å². The quantitative estimate of drug-likeness (QED) is 0.430. The Labute approximate surface area is 196 Å². The van der Waals surface area contributed by atoms with E-state index in [0.29, 0.717) is 53.7 Å². The van der Waals surface area contributed by atoms with E-state index < -0.39 is 12.7 Å². The zero-order valence-electron chi connectivity index (χ0n) is 19.2. The van der Waals surface area contributed by atoms with Gasteiger partial charge in [-0.2, -0.15) is 5.10 Å². The summed E-state index contributed by atoms with van der Waals surface area (Å²) in [6.07, 6.45) is 1.20. The average molecular weight is 468 g/mol. The molecule has 2 aliphatic heterocycles. The number of benzene rings is 1. The Morgan fingerprint density at radius 3 is 2.53 bits per heavy atom. The van der Waals surface area contributed by atoms with Crippen molar-refractivity contribution in [1.29, 1.82) is 0 Å². The fourth-order valence-corrected chi connectivity index (χ4v) is 4.66. The van der Waals surface area contributed by atoms with E-state index in [1.807, 2.05) is 19.1 Å². The summed E-state index contributed by atoms with van der Waals surface area (Å²) in [6, 6.07) is 7.01. The third-order valence-corrected chi connectivity index (χ3v) is 6.36. The van der Waals surface area contributed by atoms with E-state index in [1.165, 1.54) is 0 Å². The number of hydrogen-bond acceptors (Lipinski definition) is 8.